The molecule has 0 saturated carbocycles. The van der Waals surface area contributed by atoms with Gasteiger partial charge in [-0.25, -0.2) is 0 Å². The highest BCUT2D eigenvalue weighted by molar-refractivity contribution is 5.87. The molecular formula is C23H27N2O+. The van der Waals surface area contributed by atoms with Gasteiger partial charge in [-0.3, -0.25) is 0 Å². The highest BCUT2D eigenvalue weighted by Gasteiger charge is 2.23. The van der Waals surface area contributed by atoms with Crippen LogP contribution in [0.2, 0.25) is 0 Å². The third kappa shape index (κ3) is 3.15. The summed E-state index contributed by atoms with van der Waals surface area (Å²) in [4.78, 5) is 4.05. The third-order valence-corrected chi connectivity index (χ3v) is 5.83. The Balaban J connectivity index is 1.50. The van der Waals surface area contributed by atoms with Crippen molar-refractivity contribution in [1.29, 1.82) is 0 Å². The van der Waals surface area contributed by atoms with Crippen LogP contribution in [0, 0.1) is 13.8 Å². The molecule has 3 aromatic carbocycles. The molecule has 0 atom stereocenters. The maximum atomic E-state index is 10.4. The van der Waals surface area contributed by atoms with Crippen LogP contribution in [0.25, 0.3) is 10.8 Å². The number of hydrogen-bond donors (Lipinski definition) is 2. The molecule has 2 N–H and O–H groups in total. The van der Waals surface area contributed by atoms with Gasteiger partial charge in [0.1, 0.15) is 12.3 Å². The zero-order valence-electron chi connectivity index (χ0n) is 15.6. The normalized spacial score (nSPS) is 15.5. The number of hydrogen-bond acceptors (Lipinski definition) is 2. The van der Waals surface area contributed by atoms with Gasteiger partial charge in [-0.15, -0.1) is 0 Å². The topological polar surface area (TPSA) is 27.9 Å². The van der Waals surface area contributed by atoms with E-state index in [1.165, 1.54) is 27.6 Å². The van der Waals surface area contributed by atoms with Gasteiger partial charge in [-0.05, 0) is 47.9 Å². The summed E-state index contributed by atoms with van der Waals surface area (Å²) in [6.45, 7) is 9.60. The fourth-order valence-electron chi connectivity index (χ4n) is 4.08. The maximum Gasteiger partial charge on any atom is 0.125 e. The lowest BCUT2D eigenvalue weighted by Crippen LogP contribution is -3.13. The molecule has 0 radical (unpaired) electrons. The SMILES string of the molecule is Cc1cccc(N2CC[NH+](Cc3c(O)ccc4ccccc34)CC2)c1C. The number of phenolic OH excluding ortho intramolecular Hbond substituents is 1. The first-order valence-electron chi connectivity index (χ1n) is 9.48. The number of aromatic hydroxyl groups is 1. The molecule has 0 unspecified atom stereocenters. The summed E-state index contributed by atoms with van der Waals surface area (Å²) in [6.07, 6.45) is 0. The van der Waals surface area contributed by atoms with Gasteiger partial charge in [-0.1, -0.05) is 42.5 Å². The molecule has 0 bridgehead atoms. The van der Waals surface area contributed by atoms with E-state index in [0.29, 0.717) is 5.75 Å². The predicted octanol–water partition coefficient (Wildman–Crippen LogP) is 3.07. The van der Waals surface area contributed by atoms with Crippen LogP contribution in [0.5, 0.6) is 5.75 Å². The molecule has 3 nitrogen and oxygen atoms in total. The predicted molar refractivity (Wildman–Crippen MR) is 108 cm³/mol. The lowest BCUT2D eigenvalue weighted by Gasteiger charge is -2.35. The smallest absolute Gasteiger partial charge is 0.125 e. The van der Waals surface area contributed by atoms with Crippen molar-refractivity contribution < 1.29 is 10.0 Å². The summed E-state index contributed by atoms with van der Waals surface area (Å²) in [5, 5.41) is 12.8. The van der Waals surface area contributed by atoms with Crippen LogP contribution in [0.4, 0.5) is 5.69 Å². The molecular weight excluding hydrogens is 320 g/mol. The number of rotatable bonds is 3. The van der Waals surface area contributed by atoms with E-state index in [1.54, 1.807) is 4.90 Å². The molecule has 1 heterocycles. The van der Waals surface area contributed by atoms with Gasteiger partial charge in [0.25, 0.3) is 0 Å². The molecule has 0 aliphatic carbocycles. The van der Waals surface area contributed by atoms with Crippen molar-refractivity contribution in [1.82, 2.24) is 0 Å². The summed E-state index contributed by atoms with van der Waals surface area (Å²) in [5.41, 5.74) is 5.20. The summed E-state index contributed by atoms with van der Waals surface area (Å²) in [7, 11) is 0. The van der Waals surface area contributed by atoms with Crippen LogP contribution in [-0.4, -0.2) is 31.3 Å². The summed E-state index contributed by atoms with van der Waals surface area (Å²) in [5.74, 6) is 0.424. The molecule has 26 heavy (non-hydrogen) atoms. The molecule has 1 saturated heterocycles. The van der Waals surface area contributed by atoms with Gasteiger partial charge in [0, 0.05) is 5.69 Å². The van der Waals surface area contributed by atoms with E-state index in [-0.39, 0.29) is 0 Å². The van der Waals surface area contributed by atoms with Crippen LogP contribution < -0.4 is 9.80 Å². The van der Waals surface area contributed by atoms with Gasteiger partial charge in [0.05, 0.1) is 31.7 Å². The minimum Gasteiger partial charge on any atom is -0.507 e. The second kappa shape index (κ2) is 7.00. The van der Waals surface area contributed by atoms with Crippen molar-refractivity contribution in [3.8, 4) is 5.75 Å². The Labute approximate surface area is 155 Å². The molecule has 3 heteroatoms. The standard InChI is InChI=1S/C23H26N2O/c1-17-6-5-9-22(18(17)2)25-14-12-24(13-15-25)16-21-20-8-4-3-7-19(20)10-11-23(21)26/h3-11,26H,12-16H2,1-2H3/p+1. The van der Waals surface area contributed by atoms with Crippen LogP contribution in [-0.2, 0) is 6.54 Å². The fraction of sp³-hybridized carbons (Fsp3) is 0.304. The maximum absolute atomic E-state index is 10.4. The average molecular weight is 347 g/mol. The fourth-order valence-corrected chi connectivity index (χ4v) is 4.08. The second-order valence-electron chi connectivity index (χ2n) is 7.42. The molecule has 0 amide bonds. The number of anilines is 1. The van der Waals surface area contributed by atoms with Gasteiger partial charge in [-0.2, -0.15) is 0 Å². The van der Waals surface area contributed by atoms with E-state index in [1.807, 2.05) is 12.1 Å². The Morgan fingerprint density at radius 1 is 0.923 bits per heavy atom. The van der Waals surface area contributed by atoms with Crippen molar-refractivity contribution in [2.75, 3.05) is 31.1 Å². The van der Waals surface area contributed by atoms with Crippen molar-refractivity contribution >= 4 is 16.5 Å². The minimum absolute atomic E-state index is 0.424. The molecule has 1 aliphatic heterocycles. The molecule has 1 aliphatic rings. The van der Waals surface area contributed by atoms with Crippen LogP contribution >= 0.6 is 0 Å². The Bertz CT molecular complexity index is 927. The highest BCUT2D eigenvalue weighted by Crippen LogP contribution is 2.27. The summed E-state index contributed by atoms with van der Waals surface area (Å²) >= 11 is 0. The quantitative estimate of drug-likeness (QED) is 0.762. The monoisotopic (exact) mass is 347 g/mol. The van der Waals surface area contributed by atoms with Gasteiger partial charge in [0.2, 0.25) is 0 Å². The minimum atomic E-state index is 0.424. The first-order chi connectivity index (χ1) is 12.6. The highest BCUT2D eigenvalue weighted by atomic mass is 16.3. The van der Waals surface area contributed by atoms with E-state index in [9.17, 15) is 5.11 Å². The first-order valence-corrected chi connectivity index (χ1v) is 9.48. The van der Waals surface area contributed by atoms with Crippen molar-refractivity contribution in [2.45, 2.75) is 20.4 Å². The van der Waals surface area contributed by atoms with E-state index < -0.39 is 0 Å². The Morgan fingerprint density at radius 3 is 2.50 bits per heavy atom. The third-order valence-electron chi connectivity index (χ3n) is 5.83. The van der Waals surface area contributed by atoms with Gasteiger partial charge < -0.3 is 14.9 Å². The number of piperazine rings is 1. The number of aryl methyl sites for hydroxylation is 1. The number of phenols is 1. The van der Waals surface area contributed by atoms with Crippen molar-refractivity contribution in [3.63, 3.8) is 0 Å². The summed E-state index contributed by atoms with van der Waals surface area (Å²) < 4.78 is 0. The molecule has 0 aromatic heterocycles. The Kier molecular flexibility index (Phi) is 4.56. The van der Waals surface area contributed by atoms with E-state index >= 15 is 0 Å². The number of nitrogens with one attached hydrogen (secondary N) is 1. The van der Waals surface area contributed by atoms with Gasteiger partial charge in [0.15, 0.2) is 0 Å². The largest absolute Gasteiger partial charge is 0.507 e. The van der Waals surface area contributed by atoms with Gasteiger partial charge >= 0.3 is 0 Å². The first kappa shape index (κ1) is 16.9. The lowest BCUT2D eigenvalue weighted by atomic mass is 10.0. The number of benzene rings is 3. The van der Waals surface area contributed by atoms with E-state index in [0.717, 1.165) is 38.3 Å². The summed E-state index contributed by atoms with van der Waals surface area (Å²) in [6, 6.07) is 18.8. The number of nitrogens with zero attached hydrogens (tertiary/aromatic N) is 1. The number of quaternary nitrogens is 1. The Hall–Kier alpha value is -2.52. The number of fused-ring (bicyclic) bond motifs is 1. The lowest BCUT2D eigenvalue weighted by molar-refractivity contribution is -0.914. The van der Waals surface area contributed by atoms with E-state index in [2.05, 4.69) is 61.2 Å². The van der Waals surface area contributed by atoms with Crippen LogP contribution in [0.3, 0.4) is 0 Å². The molecule has 134 valence electrons. The molecule has 3 aromatic rings. The zero-order valence-corrected chi connectivity index (χ0v) is 15.6. The van der Waals surface area contributed by atoms with Crippen LogP contribution in [0.1, 0.15) is 16.7 Å². The zero-order chi connectivity index (χ0) is 18.1. The Morgan fingerprint density at radius 2 is 1.69 bits per heavy atom. The van der Waals surface area contributed by atoms with E-state index in [4.69, 9.17) is 0 Å². The van der Waals surface area contributed by atoms with Crippen LogP contribution in [0.15, 0.2) is 54.6 Å². The second-order valence-corrected chi connectivity index (χ2v) is 7.42. The van der Waals surface area contributed by atoms with Crippen molar-refractivity contribution in [2.24, 2.45) is 0 Å². The van der Waals surface area contributed by atoms with Crippen molar-refractivity contribution in [3.05, 3.63) is 71.3 Å². The molecule has 0 spiro atoms. The molecule has 4 rings (SSSR count). The molecule has 1 fully saturated rings. The average Bonchev–Trinajstić information content (AvgIpc) is 2.67.